The van der Waals surface area contributed by atoms with Crippen LogP contribution in [0.3, 0.4) is 0 Å². The number of ether oxygens (including phenoxy) is 1. The standard InChI is InChI=1S/C19H24N2O2S/c1-20(2)17-6-3-5-15(13-17)19(22)21(14-18-7-4-12-24-18)16-8-10-23-11-9-16/h3-7,12-13,16H,8-11,14H2,1-2H3. The van der Waals surface area contributed by atoms with Crippen LogP contribution in [0.1, 0.15) is 28.1 Å². The fourth-order valence-corrected chi connectivity index (χ4v) is 3.72. The third kappa shape index (κ3) is 3.97. The van der Waals surface area contributed by atoms with E-state index in [4.69, 9.17) is 4.74 Å². The van der Waals surface area contributed by atoms with Crippen LogP contribution in [-0.4, -0.2) is 44.2 Å². The Bertz CT molecular complexity index is 664. The summed E-state index contributed by atoms with van der Waals surface area (Å²) in [7, 11) is 3.98. The predicted octanol–water partition coefficient (Wildman–Crippen LogP) is 3.64. The Labute approximate surface area is 147 Å². The Kier molecular flexibility index (Phi) is 5.53. The molecule has 1 aliphatic heterocycles. The highest BCUT2D eigenvalue weighted by Crippen LogP contribution is 2.23. The van der Waals surface area contributed by atoms with Crippen molar-refractivity contribution in [1.29, 1.82) is 0 Å². The molecule has 2 heterocycles. The van der Waals surface area contributed by atoms with Crippen molar-refractivity contribution in [2.75, 3.05) is 32.2 Å². The molecule has 0 unspecified atom stereocenters. The number of rotatable bonds is 5. The number of hydrogen-bond donors (Lipinski definition) is 0. The number of amides is 1. The van der Waals surface area contributed by atoms with Crippen LogP contribution in [0, 0.1) is 0 Å². The van der Waals surface area contributed by atoms with Gasteiger partial charge in [-0.3, -0.25) is 4.79 Å². The summed E-state index contributed by atoms with van der Waals surface area (Å²) in [4.78, 5) is 18.5. The first kappa shape index (κ1) is 17.0. The lowest BCUT2D eigenvalue weighted by Crippen LogP contribution is -2.42. The summed E-state index contributed by atoms with van der Waals surface area (Å²) in [6.07, 6.45) is 1.81. The minimum absolute atomic E-state index is 0.110. The van der Waals surface area contributed by atoms with E-state index < -0.39 is 0 Å². The molecule has 0 radical (unpaired) electrons. The molecule has 24 heavy (non-hydrogen) atoms. The lowest BCUT2D eigenvalue weighted by atomic mass is 10.0. The molecule has 0 atom stereocenters. The molecular weight excluding hydrogens is 320 g/mol. The Morgan fingerprint density at radius 1 is 1.21 bits per heavy atom. The number of carbonyl (C=O) groups is 1. The SMILES string of the molecule is CN(C)c1cccc(C(=O)N(Cc2cccs2)C2CCOCC2)c1. The molecule has 1 saturated heterocycles. The fourth-order valence-electron chi connectivity index (χ4n) is 3.02. The Morgan fingerprint density at radius 3 is 2.67 bits per heavy atom. The van der Waals surface area contributed by atoms with E-state index in [1.54, 1.807) is 11.3 Å². The van der Waals surface area contributed by atoms with Gasteiger partial charge in [0.2, 0.25) is 0 Å². The van der Waals surface area contributed by atoms with Gasteiger partial charge in [0.25, 0.3) is 5.91 Å². The molecule has 2 aromatic rings. The highest BCUT2D eigenvalue weighted by molar-refractivity contribution is 7.09. The van der Waals surface area contributed by atoms with Crippen LogP contribution < -0.4 is 4.90 Å². The summed E-state index contributed by atoms with van der Waals surface area (Å²) in [6.45, 7) is 2.14. The van der Waals surface area contributed by atoms with Crippen molar-refractivity contribution < 1.29 is 9.53 Å². The van der Waals surface area contributed by atoms with Gasteiger partial charge in [-0.25, -0.2) is 0 Å². The highest BCUT2D eigenvalue weighted by atomic mass is 32.1. The minimum atomic E-state index is 0.110. The molecule has 1 aliphatic rings. The fraction of sp³-hybridized carbons (Fsp3) is 0.421. The Morgan fingerprint density at radius 2 is 2.00 bits per heavy atom. The van der Waals surface area contributed by atoms with Crippen molar-refractivity contribution in [1.82, 2.24) is 4.90 Å². The van der Waals surface area contributed by atoms with Crippen LogP contribution >= 0.6 is 11.3 Å². The second-order valence-corrected chi connectivity index (χ2v) is 7.33. The van der Waals surface area contributed by atoms with Crippen molar-refractivity contribution in [3.63, 3.8) is 0 Å². The van der Waals surface area contributed by atoms with Gasteiger partial charge in [0.05, 0.1) is 6.54 Å². The molecule has 0 spiro atoms. The summed E-state index contributed by atoms with van der Waals surface area (Å²) in [5.74, 6) is 0.110. The van der Waals surface area contributed by atoms with Gasteiger partial charge >= 0.3 is 0 Å². The van der Waals surface area contributed by atoms with Crippen molar-refractivity contribution in [2.24, 2.45) is 0 Å². The maximum atomic E-state index is 13.2. The summed E-state index contributed by atoms with van der Waals surface area (Å²) >= 11 is 1.70. The number of carbonyl (C=O) groups excluding carboxylic acids is 1. The highest BCUT2D eigenvalue weighted by Gasteiger charge is 2.27. The zero-order valence-electron chi connectivity index (χ0n) is 14.3. The normalized spacial score (nSPS) is 15.2. The number of benzene rings is 1. The first-order chi connectivity index (χ1) is 11.6. The van der Waals surface area contributed by atoms with E-state index in [-0.39, 0.29) is 11.9 Å². The van der Waals surface area contributed by atoms with Crippen LogP contribution in [0.5, 0.6) is 0 Å². The van der Waals surface area contributed by atoms with Gasteiger partial charge in [-0.05, 0) is 42.5 Å². The minimum Gasteiger partial charge on any atom is -0.381 e. The van der Waals surface area contributed by atoms with Gasteiger partial charge in [0.1, 0.15) is 0 Å². The second-order valence-electron chi connectivity index (χ2n) is 6.30. The maximum absolute atomic E-state index is 13.2. The lowest BCUT2D eigenvalue weighted by molar-refractivity contribution is 0.0270. The van der Waals surface area contributed by atoms with E-state index in [1.807, 2.05) is 54.2 Å². The zero-order chi connectivity index (χ0) is 16.9. The molecule has 5 heteroatoms. The number of anilines is 1. The van der Waals surface area contributed by atoms with Crippen molar-refractivity contribution in [2.45, 2.75) is 25.4 Å². The molecule has 1 amide bonds. The van der Waals surface area contributed by atoms with Gasteiger partial charge in [-0.15, -0.1) is 11.3 Å². The summed E-state index contributed by atoms with van der Waals surface area (Å²) < 4.78 is 5.48. The molecule has 0 N–H and O–H groups in total. The Hall–Kier alpha value is -1.85. The first-order valence-corrected chi connectivity index (χ1v) is 9.21. The maximum Gasteiger partial charge on any atom is 0.254 e. The smallest absolute Gasteiger partial charge is 0.254 e. The second kappa shape index (κ2) is 7.81. The third-order valence-corrected chi connectivity index (χ3v) is 5.27. The van der Waals surface area contributed by atoms with Gasteiger partial charge in [0, 0.05) is 49.5 Å². The number of thiophene rings is 1. The van der Waals surface area contributed by atoms with Crippen LogP contribution in [0.25, 0.3) is 0 Å². The molecule has 0 bridgehead atoms. The molecular formula is C19H24N2O2S. The number of nitrogens with zero attached hydrogens (tertiary/aromatic N) is 2. The summed E-state index contributed by atoms with van der Waals surface area (Å²) in [5, 5.41) is 2.06. The van der Waals surface area contributed by atoms with E-state index in [9.17, 15) is 4.79 Å². The average Bonchev–Trinajstić information content (AvgIpc) is 3.13. The quantitative estimate of drug-likeness (QED) is 0.830. The van der Waals surface area contributed by atoms with E-state index in [2.05, 4.69) is 11.4 Å². The molecule has 1 aromatic carbocycles. The van der Waals surface area contributed by atoms with Crippen LogP contribution in [0.15, 0.2) is 41.8 Å². The lowest BCUT2D eigenvalue weighted by Gasteiger charge is -2.34. The van der Waals surface area contributed by atoms with Gasteiger partial charge in [-0.1, -0.05) is 12.1 Å². The molecule has 128 valence electrons. The predicted molar refractivity (Wildman–Crippen MR) is 98.8 cm³/mol. The molecule has 3 rings (SSSR count). The molecule has 1 fully saturated rings. The first-order valence-electron chi connectivity index (χ1n) is 8.33. The molecule has 1 aromatic heterocycles. The monoisotopic (exact) mass is 344 g/mol. The van der Waals surface area contributed by atoms with Crippen molar-refractivity contribution >= 4 is 22.9 Å². The van der Waals surface area contributed by atoms with E-state index >= 15 is 0 Å². The summed E-state index contributed by atoms with van der Waals surface area (Å²) in [6, 6.07) is 12.3. The van der Waals surface area contributed by atoms with Crippen LogP contribution in [0.4, 0.5) is 5.69 Å². The van der Waals surface area contributed by atoms with Gasteiger partial charge in [0.15, 0.2) is 0 Å². The van der Waals surface area contributed by atoms with Gasteiger partial charge in [-0.2, -0.15) is 0 Å². The zero-order valence-corrected chi connectivity index (χ0v) is 15.1. The largest absolute Gasteiger partial charge is 0.381 e. The van der Waals surface area contributed by atoms with E-state index in [1.165, 1.54) is 4.88 Å². The third-order valence-electron chi connectivity index (χ3n) is 4.41. The topological polar surface area (TPSA) is 32.8 Å². The van der Waals surface area contributed by atoms with Crippen LogP contribution in [0.2, 0.25) is 0 Å². The van der Waals surface area contributed by atoms with Crippen LogP contribution in [-0.2, 0) is 11.3 Å². The van der Waals surface area contributed by atoms with Gasteiger partial charge < -0.3 is 14.5 Å². The Balaban J connectivity index is 1.85. The average molecular weight is 344 g/mol. The van der Waals surface area contributed by atoms with Crippen molar-refractivity contribution in [3.05, 3.63) is 52.2 Å². The van der Waals surface area contributed by atoms with E-state index in [0.717, 1.165) is 37.3 Å². The van der Waals surface area contributed by atoms with E-state index in [0.29, 0.717) is 6.54 Å². The molecule has 4 nitrogen and oxygen atoms in total. The van der Waals surface area contributed by atoms with Crippen molar-refractivity contribution in [3.8, 4) is 0 Å². The molecule has 0 saturated carbocycles. The number of hydrogen-bond acceptors (Lipinski definition) is 4. The molecule has 0 aliphatic carbocycles. The summed E-state index contributed by atoms with van der Waals surface area (Å²) in [5.41, 5.74) is 1.80.